The Morgan fingerprint density at radius 2 is 1.91 bits per heavy atom. The van der Waals surface area contributed by atoms with Crippen molar-refractivity contribution in [3.8, 4) is 5.75 Å². The highest BCUT2D eigenvalue weighted by Crippen LogP contribution is 2.28. The summed E-state index contributed by atoms with van der Waals surface area (Å²) in [5.41, 5.74) is 3.35. The van der Waals surface area contributed by atoms with E-state index in [1.54, 1.807) is 7.11 Å². The molecule has 0 aliphatic rings. The van der Waals surface area contributed by atoms with Crippen LogP contribution < -0.4 is 4.74 Å². The van der Waals surface area contributed by atoms with Crippen molar-refractivity contribution in [1.29, 1.82) is 0 Å². The van der Waals surface area contributed by atoms with E-state index in [4.69, 9.17) is 4.74 Å². The molecule has 23 heavy (non-hydrogen) atoms. The van der Waals surface area contributed by atoms with E-state index < -0.39 is 0 Å². The van der Waals surface area contributed by atoms with Gasteiger partial charge in [-0.15, -0.1) is 0 Å². The number of carbonyl (C=O) groups is 1. The maximum Gasteiger partial charge on any atom is 0.258 e. The number of methoxy groups -OCH3 is 1. The largest absolute Gasteiger partial charge is 0.497 e. The van der Waals surface area contributed by atoms with Crippen LogP contribution in [0, 0.1) is 13.8 Å². The van der Waals surface area contributed by atoms with Gasteiger partial charge in [0.05, 0.1) is 24.4 Å². The highest BCUT2D eigenvalue weighted by molar-refractivity contribution is 5.96. The molecule has 0 saturated carbocycles. The number of carbonyl (C=O) groups excluding carboxylic acids is 1. The summed E-state index contributed by atoms with van der Waals surface area (Å²) in [7, 11) is 1.65. The van der Waals surface area contributed by atoms with E-state index in [1.807, 2.05) is 49.9 Å². The lowest BCUT2D eigenvalue weighted by Crippen LogP contribution is -2.35. The van der Waals surface area contributed by atoms with E-state index in [2.05, 4.69) is 17.1 Å². The third-order valence-corrected chi connectivity index (χ3v) is 4.21. The van der Waals surface area contributed by atoms with Gasteiger partial charge in [-0.05, 0) is 44.9 Å². The number of H-pyrrole nitrogens is 1. The Balaban J connectivity index is 2.34. The zero-order valence-electron chi connectivity index (χ0n) is 14.5. The average Bonchev–Trinajstić information content (AvgIpc) is 2.91. The number of aromatic amines is 1. The van der Waals surface area contributed by atoms with Crippen LogP contribution in [0.2, 0.25) is 0 Å². The fourth-order valence-electron chi connectivity index (χ4n) is 2.98. The molecule has 0 radical (unpaired) electrons. The molecule has 1 atom stereocenters. The number of hydrogen-bond donors (Lipinski definition) is 1. The predicted molar refractivity (Wildman–Crippen MR) is 90.8 cm³/mol. The van der Waals surface area contributed by atoms with E-state index >= 15 is 0 Å². The van der Waals surface area contributed by atoms with Crippen LogP contribution >= 0.6 is 0 Å². The molecule has 1 amide bonds. The van der Waals surface area contributed by atoms with Crippen LogP contribution in [0.4, 0.5) is 0 Å². The fraction of sp³-hybridized carbons (Fsp3) is 0.444. The average molecular weight is 315 g/mol. The van der Waals surface area contributed by atoms with Crippen molar-refractivity contribution in [2.45, 2.75) is 40.2 Å². The second-order valence-corrected chi connectivity index (χ2v) is 5.60. The fourth-order valence-corrected chi connectivity index (χ4v) is 2.98. The molecule has 1 unspecified atom stereocenters. The molecule has 2 rings (SSSR count). The lowest BCUT2D eigenvalue weighted by Gasteiger charge is -2.31. The monoisotopic (exact) mass is 315 g/mol. The highest BCUT2D eigenvalue weighted by atomic mass is 16.5. The van der Waals surface area contributed by atoms with Crippen LogP contribution in [0.5, 0.6) is 5.75 Å². The lowest BCUT2D eigenvalue weighted by atomic mass is 10.0. The molecule has 124 valence electrons. The molecule has 0 aliphatic carbocycles. The van der Waals surface area contributed by atoms with E-state index in [0.717, 1.165) is 29.1 Å². The zero-order valence-corrected chi connectivity index (χ0v) is 14.5. The number of aryl methyl sites for hydroxylation is 2. The Labute approximate surface area is 137 Å². The van der Waals surface area contributed by atoms with Crippen molar-refractivity contribution in [1.82, 2.24) is 15.1 Å². The first-order chi connectivity index (χ1) is 11.0. The number of benzene rings is 1. The molecule has 5 nitrogen and oxygen atoms in total. The van der Waals surface area contributed by atoms with Crippen LogP contribution in [0.3, 0.4) is 0 Å². The second-order valence-electron chi connectivity index (χ2n) is 5.60. The summed E-state index contributed by atoms with van der Waals surface area (Å²) in [5, 5.41) is 7.04. The van der Waals surface area contributed by atoms with Gasteiger partial charge in [0, 0.05) is 12.2 Å². The molecule has 1 heterocycles. The number of rotatable bonds is 6. The minimum Gasteiger partial charge on any atom is -0.497 e. The number of hydrogen-bond acceptors (Lipinski definition) is 3. The van der Waals surface area contributed by atoms with Gasteiger partial charge in [0.2, 0.25) is 0 Å². The first kappa shape index (κ1) is 17.1. The smallest absolute Gasteiger partial charge is 0.258 e. The van der Waals surface area contributed by atoms with Crippen molar-refractivity contribution in [2.24, 2.45) is 0 Å². The zero-order chi connectivity index (χ0) is 17.0. The van der Waals surface area contributed by atoms with Gasteiger partial charge < -0.3 is 9.64 Å². The van der Waals surface area contributed by atoms with E-state index in [1.165, 1.54) is 0 Å². The summed E-state index contributed by atoms with van der Waals surface area (Å²) in [6, 6.07) is 7.96. The Hall–Kier alpha value is -2.30. The van der Waals surface area contributed by atoms with Gasteiger partial charge in [-0.1, -0.05) is 19.1 Å². The third kappa shape index (κ3) is 3.38. The quantitative estimate of drug-likeness (QED) is 0.885. The van der Waals surface area contributed by atoms with Gasteiger partial charge in [0.25, 0.3) is 5.91 Å². The normalized spacial score (nSPS) is 12.0. The van der Waals surface area contributed by atoms with Gasteiger partial charge in [0.15, 0.2) is 0 Å². The summed E-state index contributed by atoms with van der Waals surface area (Å²) in [6.45, 7) is 8.50. The number of ether oxygens (including phenoxy) is 1. The molecular formula is C18H25N3O2. The van der Waals surface area contributed by atoms with Crippen LogP contribution in [0.25, 0.3) is 0 Å². The third-order valence-electron chi connectivity index (χ3n) is 4.21. The minimum atomic E-state index is 0.0268. The maximum absolute atomic E-state index is 13.0. The minimum absolute atomic E-state index is 0.0268. The van der Waals surface area contributed by atoms with Gasteiger partial charge in [-0.2, -0.15) is 5.10 Å². The van der Waals surface area contributed by atoms with E-state index in [-0.39, 0.29) is 11.9 Å². The predicted octanol–water partition coefficient (Wildman–Crippen LogP) is 3.65. The molecule has 0 fully saturated rings. The summed E-state index contributed by atoms with van der Waals surface area (Å²) in [6.07, 6.45) is 0.849. The van der Waals surface area contributed by atoms with Crippen LogP contribution in [-0.2, 0) is 0 Å². The topological polar surface area (TPSA) is 58.2 Å². The van der Waals surface area contributed by atoms with Crippen molar-refractivity contribution < 1.29 is 9.53 Å². The molecular weight excluding hydrogens is 290 g/mol. The van der Waals surface area contributed by atoms with Crippen LogP contribution in [-0.4, -0.2) is 34.7 Å². The van der Waals surface area contributed by atoms with Gasteiger partial charge in [0.1, 0.15) is 5.75 Å². The Bertz CT molecular complexity index is 642. The Morgan fingerprint density at radius 3 is 2.35 bits per heavy atom. The van der Waals surface area contributed by atoms with Crippen LogP contribution in [0.1, 0.15) is 53.6 Å². The molecule has 0 bridgehead atoms. The number of aromatic nitrogens is 2. The van der Waals surface area contributed by atoms with Crippen molar-refractivity contribution in [3.63, 3.8) is 0 Å². The van der Waals surface area contributed by atoms with Crippen molar-refractivity contribution in [2.75, 3.05) is 13.7 Å². The summed E-state index contributed by atoms with van der Waals surface area (Å²) >= 11 is 0. The standard InChI is InChI=1S/C18H25N3O2/c1-6-16(14-8-10-15(23-5)11-9-14)21(7-2)18(22)17-12(3)19-20-13(17)4/h8-11,16H,6-7H2,1-5H3,(H,19,20). The SMILES string of the molecule is CCC(c1ccc(OC)cc1)N(CC)C(=O)c1c(C)n[nH]c1C. The van der Waals surface area contributed by atoms with Crippen molar-refractivity contribution in [3.05, 3.63) is 46.8 Å². The molecule has 0 aliphatic heterocycles. The number of nitrogens with one attached hydrogen (secondary N) is 1. The molecule has 1 aromatic carbocycles. The molecule has 0 spiro atoms. The van der Waals surface area contributed by atoms with Gasteiger partial charge in [-0.3, -0.25) is 9.89 Å². The molecule has 2 aromatic rings. The Kier molecular flexibility index (Phi) is 5.42. The molecule has 1 N–H and O–H groups in total. The van der Waals surface area contributed by atoms with Gasteiger partial charge in [-0.25, -0.2) is 0 Å². The summed E-state index contributed by atoms with van der Waals surface area (Å²) < 4.78 is 5.21. The first-order valence-corrected chi connectivity index (χ1v) is 7.99. The molecule has 5 heteroatoms. The highest BCUT2D eigenvalue weighted by Gasteiger charge is 2.27. The van der Waals surface area contributed by atoms with Crippen molar-refractivity contribution >= 4 is 5.91 Å². The lowest BCUT2D eigenvalue weighted by molar-refractivity contribution is 0.0681. The molecule has 0 saturated heterocycles. The van der Waals surface area contributed by atoms with E-state index in [0.29, 0.717) is 12.1 Å². The van der Waals surface area contributed by atoms with Crippen LogP contribution in [0.15, 0.2) is 24.3 Å². The summed E-state index contributed by atoms with van der Waals surface area (Å²) in [4.78, 5) is 14.9. The second kappa shape index (κ2) is 7.31. The van der Waals surface area contributed by atoms with E-state index in [9.17, 15) is 4.79 Å². The number of amides is 1. The maximum atomic E-state index is 13.0. The van der Waals surface area contributed by atoms with Gasteiger partial charge >= 0.3 is 0 Å². The number of nitrogens with zero attached hydrogens (tertiary/aromatic N) is 2. The Morgan fingerprint density at radius 1 is 1.26 bits per heavy atom. The molecule has 1 aromatic heterocycles. The first-order valence-electron chi connectivity index (χ1n) is 7.99. The summed E-state index contributed by atoms with van der Waals surface area (Å²) in [5.74, 6) is 0.846.